The van der Waals surface area contributed by atoms with Crippen molar-refractivity contribution in [2.45, 2.75) is 13.5 Å². The molecule has 0 saturated carbocycles. The van der Waals surface area contributed by atoms with E-state index < -0.39 is 5.91 Å². The fourth-order valence-electron chi connectivity index (χ4n) is 2.65. The van der Waals surface area contributed by atoms with Crippen molar-refractivity contribution in [3.8, 4) is 17.0 Å². The number of aliphatic imine (C=N–C) groups is 1. The summed E-state index contributed by atoms with van der Waals surface area (Å²) in [5.41, 5.74) is 14.2. The highest BCUT2D eigenvalue weighted by molar-refractivity contribution is 6.33. The van der Waals surface area contributed by atoms with E-state index in [1.165, 1.54) is 0 Å². The second-order valence-corrected chi connectivity index (χ2v) is 6.61. The molecule has 1 amide bonds. The summed E-state index contributed by atoms with van der Waals surface area (Å²) in [4.78, 5) is 16.9. The third-order valence-corrected chi connectivity index (χ3v) is 4.52. The molecule has 0 aliphatic rings. The molecule has 0 spiro atoms. The Hall–Kier alpha value is -3.52. The van der Waals surface area contributed by atoms with Gasteiger partial charge in [-0.2, -0.15) is 0 Å². The highest BCUT2D eigenvalue weighted by atomic mass is 35.5. The zero-order chi connectivity index (χ0) is 21.0. The minimum absolute atomic E-state index is 0.0378. The monoisotopic (exact) mass is 413 g/mol. The van der Waals surface area contributed by atoms with Gasteiger partial charge in [0.25, 0.3) is 5.91 Å². The zero-order valence-electron chi connectivity index (χ0n) is 15.9. The summed E-state index contributed by atoms with van der Waals surface area (Å²) in [5, 5.41) is 6.99. The van der Waals surface area contributed by atoms with Crippen LogP contribution in [0.15, 0.2) is 52.0 Å². The van der Waals surface area contributed by atoms with Gasteiger partial charge >= 0.3 is 0 Å². The van der Waals surface area contributed by atoms with Crippen molar-refractivity contribution < 1.29 is 14.1 Å². The number of amides is 1. The molecular weight excluding hydrogens is 394 g/mol. The molecular formula is C20H20ClN5O3. The van der Waals surface area contributed by atoms with E-state index in [1.54, 1.807) is 56.5 Å². The number of hydrogen-bond donors (Lipinski definition) is 3. The minimum Gasteiger partial charge on any atom is -0.497 e. The molecule has 9 heteroatoms. The number of nitrogen functional groups attached to an aromatic ring is 1. The number of nitrogens with zero attached hydrogens (tertiary/aromatic N) is 2. The van der Waals surface area contributed by atoms with E-state index in [0.29, 0.717) is 33.5 Å². The number of ether oxygens (including phenoxy) is 1. The molecule has 5 N–H and O–H groups in total. The molecule has 0 saturated heterocycles. The van der Waals surface area contributed by atoms with Crippen LogP contribution >= 0.6 is 11.6 Å². The number of halogens is 1. The summed E-state index contributed by atoms with van der Waals surface area (Å²) >= 11 is 5.99. The number of hydrogen-bond acceptors (Lipinski definition) is 6. The van der Waals surface area contributed by atoms with E-state index in [1.807, 2.05) is 0 Å². The number of benzene rings is 2. The van der Waals surface area contributed by atoms with Crippen LogP contribution in [-0.4, -0.2) is 24.1 Å². The first kappa shape index (κ1) is 20.2. The van der Waals surface area contributed by atoms with E-state index in [9.17, 15) is 4.79 Å². The molecule has 0 bridgehead atoms. The predicted molar refractivity (Wildman–Crippen MR) is 112 cm³/mol. The molecule has 1 heterocycles. The summed E-state index contributed by atoms with van der Waals surface area (Å²) in [6, 6.07) is 12.3. The number of rotatable bonds is 5. The van der Waals surface area contributed by atoms with E-state index in [2.05, 4.69) is 15.5 Å². The van der Waals surface area contributed by atoms with Gasteiger partial charge in [-0.05, 0) is 48.9 Å². The van der Waals surface area contributed by atoms with E-state index >= 15 is 0 Å². The lowest BCUT2D eigenvalue weighted by atomic mass is 10.1. The summed E-state index contributed by atoms with van der Waals surface area (Å²) in [6.45, 7) is 1.89. The molecule has 0 unspecified atom stereocenters. The normalized spacial score (nSPS) is 11.3. The Balaban J connectivity index is 1.76. The van der Waals surface area contributed by atoms with Crippen molar-refractivity contribution in [2.75, 3.05) is 12.8 Å². The van der Waals surface area contributed by atoms with Gasteiger partial charge in [-0.15, -0.1) is 0 Å². The van der Waals surface area contributed by atoms with Crippen molar-refractivity contribution in [3.05, 3.63) is 64.4 Å². The van der Waals surface area contributed by atoms with Gasteiger partial charge < -0.3 is 20.7 Å². The standard InChI is InChI=1S/C20H20ClN5O3/c1-11-17(18(26-29-11)13-4-6-14(28-2)7-5-13)19(27)25-20(23)24-10-12-3-8-16(22)15(21)9-12/h3-9H,10,22H2,1-2H3,(H3,23,24,25,27). The van der Waals surface area contributed by atoms with Crippen molar-refractivity contribution in [3.63, 3.8) is 0 Å². The molecule has 150 valence electrons. The predicted octanol–water partition coefficient (Wildman–Crippen LogP) is 3.14. The van der Waals surface area contributed by atoms with Gasteiger partial charge in [0, 0.05) is 5.56 Å². The summed E-state index contributed by atoms with van der Waals surface area (Å²) in [5.74, 6) is 0.556. The van der Waals surface area contributed by atoms with Crippen LogP contribution in [0.5, 0.6) is 5.75 Å². The summed E-state index contributed by atoms with van der Waals surface area (Å²) in [7, 11) is 1.58. The molecule has 0 aliphatic heterocycles. The fourth-order valence-corrected chi connectivity index (χ4v) is 2.85. The SMILES string of the molecule is COc1ccc(-c2noc(C)c2C(=O)NC(N)=NCc2ccc(N)c(Cl)c2)cc1. The number of nitrogens with one attached hydrogen (secondary N) is 1. The molecule has 29 heavy (non-hydrogen) atoms. The van der Waals surface area contributed by atoms with Gasteiger partial charge in [-0.1, -0.05) is 22.8 Å². The molecule has 8 nitrogen and oxygen atoms in total. The Morgan fingerprint density at radius 3 is 2.66 bits per heavy atom. The molecule has 3 rings (SSSR count). The van der Waals surface area contributed by atoms with Crippen molar-refractivity contribution in [1.82, 2.24) is 10.5 Å². The number of nitrogens with two attached hydrogens (primary N) is 2. The zero-order valence-corrected chi connectivity index (χ0v) is 16.7. The Labute approximate surface area is 172 Å². The van der Waals surface area contributed by atoms with Crippen LogP contribution in [0.1, 0.15) is 21.7 Å². The number of aryl methyl sites for hydroxylation is 1. The first-order chi connectivity index (χ1) is 13.9. The molecule has 0 aliphatic carbocycles. The van der Waals surface area contributed by atoms with Gasteiger partial charge in [0.1, 0.15) is 22.8 Å². The van der Waals surface area contributed by atoms with Crippen molar-refractivity contribution in [1.29, 1.82) is 0 Å². The Morgan fingerprint density at radius 2 is 2.00 bits per heavy atom. The fraction of sp³-hybridized carbons (Fsp3) is 0.150. The number of methoxy groups -OCH3 is 1. The number of aromatic nitrogens is 1. The number of carbonyl (C=O) groups excluding carboxylic acids is 1. The average Bonchev–Trinajstić information content (AvgIpc) is 3.10. The summed E-state index contributed by atoms with van der Waals surface area (Å²) < 4.78 is 10.4. The van der Waals surface area contributed by atoms with Gasteiger partial charge in [0.2, 0.25) is 0 Å². The van der Waals surface area contributed by atoms with Gasteiger partial charge in [-0.25, -0.2) is 4.99 Å². The van der Waals surface area contributed by atoms with Crippen LogP contribution in [0.25, 0.3) is 11.3 Å². The van der Waals surface area contributed by atoms with Gasteiger partial charge in [0.05, 0.1) is 24.4 Å². The maximum atomic E-state index is 12.7. The van der Waals surface area contributed by atoms with Gasteiger partial charge in [0.15, 0.2) is 5.96 Å². The average molecular weight is 414 g/mol. The first-order valence-electron chi connectivity index (χ1n) is 8.65. The molecule has 0 radical (unpaired) electrons. The second kappa shape index (κ2) is 8.66. The van der Waals surface area contributed by atoms with Crippen LogP contribution in [-0.2, 0) is 6.54 Å². The highest BCUT2D eigenvalue weighted by Gasteiger charge is 2.22. The van der Waals surface area contributed by atoms with Crippen LogP contribution in [0.3, 0.4) is 0 Å². The molecule has 2 aromatic carbocycles. The van der Waals surface area contributed by atoms with Crippen molar-refractivity contribution >= 4 is 29.2 Å². The molecule has 3 aromatic rings. The quantitative estimate of drug-likeness (QED) is 0.335. The minimum atomic E-state index is -0.467. The largest absolute Gasteiger partial charge is 0.497 e. The first-order valence-corrected chi connectivity index (χ1v) is 9.02. The molecule has 1 aromatic heterocycles. The van der Waals surface area contributed by atoms with Gasteiger partial charge in [-0.3, -0.25) is 10.1 Å². The Kier molecular flexibility index (Phi) is 6.04. The van der Waals surface area contributed by atoms with Crippen LogP contribution in [0.2, 0.25) is 5.02 Å². The number of carbonyl (C=O) groups is 1. The molecule has 0 atom stereocenters. The number of anilines is 1. The number of guanidine groups is 1. The Bertz CT molecular complexity index is 1060. The molecule has 0 fully saturated rings. The Morgan fingerprint density at radius 1 is 1.28 bits per heavy atom. The van der Waals surface area contributed by atoms with Crippen LogP contribution in [0.4, 0.5) is 5.69 Å². The summed E-state index contributed by atoms with van der Waals surface area (Å²) in [6.07, 6.45) is 0. The topological polar surface area (TPSA) is 129 Å². The van der Waals surface area contributed by atoms with E-state index in [4.69, 9.17) is 32.3 Å². The lowest BCUT2D eigenvalue weighted by Gasteiger charge is -2.06. The van der Waals surface area contributed by atoms with E-state index in [0.717, 1.165) is 5.56 Å². The smallest absolute Gasteiger partial charge is 0.263 e. The second-order valence-electron chi connectivity index (χ2n) is 6.20. The van der Waals surface area contributed by atoms with Crippen LogP contribution < -0.4 is 21.5 Å². The lowest BCUT2D eigenvalue weighted by Crippen LogP contribution is -2.37. The van der Waals surface area contributed by atoms with E-state index in [-0.39, 0.29) is 18.1 Å². The maximum absolute atomic E-state index is 12.7. The lowest BCUT2D eigenvalue weighted by molar-refractivity contribution is 0.0975. The van der Waals surface area contributed by atoms with Crippen LogP contribution in [0, 0.1) is 6.92 Å². The van der Waals surface area contributed by atoms with Crippen molar-refractivity contribution in [2.24, 2.45) is 10.7 Å². The third-order valence-electron chi connectivity index (χ3n) is 4.19. The maximum Gasteiger partial charge on any atom is 0.263 e. The third kappa shape index (κ3) is 4.67. The highest BCUT2D eigenvalue weighted by Crippen LogP contribution is 2.27.